The Morgan fingerprint density at radius 2 is 1.94 bits per heavy atom. The minimum absolute atomic E-state index is 0.0299. The number of pyridine rings is 3. The van der Waals surface area contributed by atoms with E-state index < -0.39 is 0 Å². The molecule has 0 aliphatic rings. The Labute approximate surface area is 210 Å². The first-order valence-electron chi connectivity index (χ1n) is 11.6. The van der Waals surface area contributed by atoms with E-state index in [0.29, 0.717) is 34.9 Å². The SMILES string of the molecule is CCCC(=O)Nc1cncc(-c2cnc3[nH]nc(-c4nc5c(-c6ccc(C)s6)ccnc5[nH]4)c3c2)c1. The van der Waals surface area contributed by atoms with Gasteiger partial charge in [-0.1, -0.05) is 6.92 Å². The van der Waals surface area contributed by atoms with Crippen LogP contribution in [0, 0.1) is 6.92 Å². The molecule has 0 bridgehead atoms. The Kier molecular flexibility index (Phi) is 5.49. The fourth-order valence-electron chi connectivity index (χ4n) is 4.16. The topological polar surface area (TPSA) is 125 Å². The maximum atomic E-state index is 12.0. The van der Waals surface area contributed by atoms with Crippen molar-refractivity contribution in [1.82, 2.24) is 35.1 Å². The summed E-state index contributed by atoms with van der Waals surface area (Å²) in [5.41, 5.74) is 6.19. The third-order valence-corrected chi connectivity index (χ3v) is 6.90. The van der Waals surface area contributed by atoms with Crippen molar-refractivity contribution in [3.8, 4) is 33.1 Å². The first kappa shape index (κ1) is 22.1. The highest BCUT2D eigenvalue weighted by atomic mass is 32.1. The van der Waals surface area contributed by atoms with Gasteiger partial charge in [0.1, 0.15) is 11.2 Å². The highest BCUT2D eigenvalue weighted by molar-refractivity contribution is 7.15. The number of nitrogens with zero attached hydrogens (tertiary/aromatic N) is 5. The molecule has 0 fully saturated rings. The maximum absolute atomic E-state index is 12.0. The molecule has 6 heterocycles. The van der Waals surface area contributed by atoms with Crippen LogP contribution in [-0.2, 0) is 4.79 Å². The van der Waals surface area contributed by atoms with Crippen molar-refractivity contribution < 1.29 is 4.79 Å². The molecule has 0 spiro atoms. The van der Waals surface area contributed by atoms with Crippen LogP contribution in [0.3, 0.4) is 0 Å². The molecule has 0 aliphatic carbocycles. The van der Waals surface area contributed by atoms with Gasteiger partial charge < -0.3 is 10.3 Å². The number of hydrogen-bond donors (Lipinski definition) is 3. The molecule has 178 valence electrons. The molecular formula is C26H22N8OS. The highest BCUT2D eigenvalue weighted by Crippen LogP contribution is 2.34. The van der Waals surface area contributed by atoms with E-state index in [1.807, 2.05) is 25.1 Å². The largest absolute Gasteiger partial charge is 0.325 e. The van der Waals surface area contributed by atoms with Crippen molar-refractivity contribution in [1.29, 1.82) is 0 Å². The average Bonchev–Trinajstić information content (AvgIpc) is 3.61. The molecule has 6 aromatic heterocycles. The maximum Gasteiger partial charge on any atom is 0.224 e. The number of imidazole rings is 1. The number of H-pyrrole nitrogens is 2. The number of aromatic amines is 2. The molecule has 0 aromatic carbocycles. The standard InChI is InChI=1S/C26H22N8OS/c1-3-4-21(35)30-17-9-15(11-27-13-17)16-10-19-23(33-34-24(19)29-12-16)26-31-22-18(7-8-28-25(22)32-26)20-6-5-14(2)36-20/h5-13H,3-4H2,1-2H3,(H,30,35)(H,28,31,32)(H,29,33,34). The zero-order valence-corrected chi connectivity index (χ0v) is 20.5. The van der Waals surface area contributed by atoms with Gasteiger partial charge in [-0.2, -0.15) is 5.10 Å². The number of thiophene rings is 1. The summed E-state index contributed by atoms with van der Waals surface area (Å²) in [6, 6.07) is 10.1. The molecule has 0 saturated carbocycles. The van der Waals surface area contributed by atoms with Crippen LogP contribution in [-0.4, -0.2) is 41.0 Å². The summed E-state index contributed by atoms with van der Waals surface area (Å²) in [4.78, 5) is 35.9. The average molecular weight is 495 g/mol. The van der Waals surface area contributed by atoms with Gasteiger partial charge in [-0.05, 0) is 43.7 Å². The molecule has 6 aromatic rings. The number of aromatic nitrogens is 7. The van der Waals surface area contributed by atoms with Crippen molar-refractivity contribution in [2.45, 2.75) is 26.7 Å². The van der Waals surface area contributed by atoms with Gasteiger partial charge in [0.25, 0.3) is 0 Å². The van der Waals surface area contributed by atoms with Gasteiger partial charge in [-0.15, -0.1) is 11.3 Å². The number of anilines is 1. The molecule has 9 nitrogen and oxygen atoms in total. The molecule has 0 saturated heterocycles. The van der Waals surface area contributed by atoms with E-state index >= 15 is 0 Å². The molecule has 10 heteroatoms. The molecule has 0 atom stereocenters. The zero-order chi connectivity index (χ0) is 24.6. The molecule has 0 radical (unpaired) electrons. The van der Waals surface area contributed by atoms with E-state index in [-0.39, 0.29) is 5.91 Å². The number of fused-ring (bicyclic) bond motifs is 2. The molecule has 6 rings (SSSR count). The van der Waals surface area contributed by atoms with Gasteiger partial charge >= 0.3 is 0 Å². The number of amides is 1. The Balaban J connectivity index is 1.40. The van der Waals surface area contributed by atoms with Crippen molar-refractivity contribution in [2.24, 2.45) is 0 Å². The van der Waals surface area contributed by atoms with E-state index in [4.69, 9.17) is 4.98 Å². The number of aryl methyl sites for hydroxylation is 1. The minimum Gasteiger partial charge on any atom is -0.325 e. The van der Waals surface area contributed by atoms with Crippen LogP contribution in [0.5, 0.6) is 0 Å². The third-order valence-electron chi connectivity index (χ3n) is 5.86. The normalized spacial score (nSPS) is 11.4. The number of carbonyl (C=O) groups is 1. The van der Waals surface area contributed by atoms with Gasteiger partial charge in [0.05, 0.1) is 17.3 Å². The van der Waals surface area contributed by atoms with Crippen LogP contribution in [0.4, 0.5) is 5.69 Å². The fraction of sp³-hybridized carbons (Fsp3) is 0.154. The monoisotopic (exact) mass is 494 g/mol. The summed E-state index contributed by atoms with van der Waals surface area (Å²) < 4.78 is 0. The highest BCUT2D eigenvalue weighted by Gasteiger charge is 2.17. The van der Waals surface area contributed by atoms with Crippen molar-refractivity contribution in [3.05, 3.63) is 60.0 Å². The Morgan fingerprint density at radius 3 is 2.78 bits per heavy atom. The summed E-state index contributed by atoms with van der Waals surface area (Å²) in [6.45, 7) is 4.06. The Bertz CT molecular complexity index is 1730. The predicted molar refractivity (Wildman–Crippen MR) is 142 cm³/mol. The van der Waals surface area contributed by atoms with E-state index in [1.54, 1.807) is 36.1 Å². The summed E-state index contributed by atoms with van der Waals surface area (Å²) in [5, 5.41) is 11.2. The van der Waals surface area contributed by atoms with Gasteiger partial charge in [0, 0.05) is 51.5 Å². The molecular weight excluding hydrogens is 472 g/mol. The molecule has 36 heavy (non-hydrogen) atoms. The van der Waals surface area contributed by atoms with E-state index in [1.165, 1.54) is 4.88 Å². The lowest BCUT2D eigenvalue weighted by atomic mass is 10.1. The molecule has 3 N–H and O–H groups in total. The number of nitrogens with one attached hydrogen (secondary N) is 3. The van der Waals surface area contributed by atoms with Crippen LogP contribution < -0.4 is 5.32 Å². The first-order valence-corrected chi connectivity index (χ1v) is 12.4. The second-order valence-corrected chi connectivity index (χ2v) is 9.79. The molecule has 0 unspecified atom stereocenters. The predicted octanol–water partition coefficient (Wildman–Crippen LogP) is 5.73. The van der Waals surface area contributed by atoms with Gasteiger partial charge in [0.2, 0.25) is 5.91 Å². The fourth-order valence-corrected chi connectivity index (χ4v) is 5.05. The number of rotatable bonds is 6. The second kappa shape index (κ2) is 8.97. The van der Waals surface area contributed by atoms with Crippen LogP contribution >= 0.6 is 11.3 Å². The van der Waals surface area contributed by atoms with Gasteiger partial charge in [-0.25, -0.2) is 15.0 Å². The second-order valence-electron chi connectivity index (χ2n) is 8.50. The quantitative estimate of drug-likeness (QED) is 0.271. The third kappa shape index (κ3) is 4.01. The Hall–Kier alpha value is -4.44. The van der Waals surface area contributed by atoms with E-state index in [9.17, 15) is 4.79 Å². The van der Waals surface area contributed by atoms with E-state index in [0.717, 1.165) is 38.9 Å². The van der Waals surface area contributed by atoms with Crippen molar-refractivity contribution in [2.75, 3.05) is 5.32 Å². The van der Waals surface area contributed by atoms with Gasteiger partial charge in [0.15, 0.2) is 17.1 Å². The van der Waals surface area contributed by atoms with Crippen LogP contribution in [0.1, 0.15) is 24.6 Å². The summed E-state index contributed by atoms with van der Waals surface area (Å²) in [6.07, 6.45) is 8.19. The zero-order valence-electron chi connectivity index (χ0n) is 19.7. The van der Waals surface area contributed by atoms with Crippen LogP contribution in [0.25, 0.3) is 55.3 Å². The van der Waals surface area contributed by atoms with Crippen LogP contribution in [0.15, 0.2) is 55.1 Å². The Morgan fingerprint density at radius 1 is 1.06 bits per heavy atom. The lowest BCUT2D eigenvalue weighted by molar-refractivity contribution is -0.116. The lowest BCUT2D eigenvalue weighted by Crippen LogP contribution is -2.10. The van der Waals surface area contributed by atoms with Crippen molar-refractivity contribution in [3.63, 3.8) is 0 Å². The summed E-state index contributed by atoms with van der Waals surface area (Å²) in [7, 11) is 0. The number of carbonyl (C=O) groups excluding carboxylic acids is 1. The minimum atomic E-state index is -0.0299. The van der Waals surface area contributed by atoms with Crippen molar-refractivity contribution >= 4 is 45.1 Å². The number of hydrogen-bond acceptors (Lipinski definition) is 7. The summed E-state index contributed by atoms with van der Waals surface area (Å²) >= 11 is 1.73. The first-order chi connectivity index (χ1) is 17.6. The molecule has 0 aliphatic heterocycles. The molecule has 1 amide bonds. The smallest absolute Gasteiger partial charge is 0.224 e. The van der Waals surface area contributed by atoms with Gasteiger partial charge in [-0.3, -0.25) is 14.9 Å². The lowest BCUT2D eigenvalue weighted by Gasteiger charge is -2.07. The van der Waals surface area contributed by atoms with Crippen LogP contribution in [0.2, 0.25) is 0 Å². The van der Waals surface area contributed by atoms with E-state index in [2.05, 4.69) is 54.5 Å². The summed E-state index contributed by atoms with van der Waals surface area (Å²) in [5.74, 6) is 0.583.